The number of ketones is 1. The monoisotopic (exact) mass is 395 g/mol. The smallest absolute Gasteiger partial charge is 0.307 e. The fraction of sp³-hybridized carbons (Fsp3) is 0.227. The summed E-state index contributed by atoms with van der Waals surface area (Å²) in [4.78, 5) is 37.5. The molecule has 0 heterocycles. The first kappa shape index (κ1) is 18.4. The van der Waals surface area contributed by atoms with Crippen LogP contribution in [0.3, 0.4) is 0 Å². The summed E-state index contributed by atoms with van der Waals surface area (Å²) >= 11 is 6.08. The second kappa shape index (κ2) is 7.24. The van der Waals surface area contributed by atoms with Gasteiger partial charge in [0.1, 0.15) is 0 Å². The SMILES string of the molecule is O=C(c1ccccc1)c1cc(Cl)ccc1NC(=O)[C@H]1[C@@H](C(=O)O)[C@H]2C=C[C@H]1C2. The summed E-state index contributed by atoms with van der Waals surface area (Å²) in [7, 11) is 0. The van der Waals surface area contributed by atoms with Crippen LogP contribution in [0.4, 0.5) is 5.69 Å². The first-order valence-electron chi connectivity index (χ1n) is 9.07. The van der Waals surface area contributed by atoms with Gasteiger partial charge in [0, 0.05) is 16.1 Å². The van der Waals surface area contributed by atoms with Crippen LogP contribution in [0, 0.1) is 23.7 Å². The number of rotatable bonds is 5. The highest BCUT2D eigenvalue weighted by molar-refractivity contribution is 6.31. The topological polar surface area (TPSA) is 83.5 Å². The van der Waals surface area contributed by atoms with Crippen LogP contribution in [0.5, 0.6) is 0 Å². The molecular formula is C22H18ClNO4. The van der Waals surface area contributed by atoms with Crippen LogP contribution in [0.2, 0.25) is 5.02 Å². The number of halogens is 1. The van der Waals surface area contributed by atoms with Gasteiger partial charge in [0.15, 0.2) is 5.78 Å². The van der Waals surface area contributed by atoms with Gasteiger partial charge in [-0.1, -0.05) is 54.1 Å². The third-order valence-electron chi connectivity index (χ3n) is 5.57. The highest BCUT2D eigenvalue weighted by atomic mass is 35.5. The first-order valence-corrected chi connectivity index (χ1v) is 9.45. The Bertz CT molecular complexity index is 985. The molecule has 4 atom stereocenters. The molecule has 0 spiro atoms. The van der Waals surface area contributed by atoms with Crippen LogP contribution in [0.15, 0.2) is 60.7 Å². The summed E-state index contributed by atoms with van der Waals surface area (Å²) in [6, 6.07) is 13.4. The molecule has 142 valence electrons. The molecule has 0 saturated heterocycles. The molecule has 0 aliphatic heterocycles. The van der Waals surface area contributed by atoms with Gasteiger partial charge in [-0.2, -0.15) is 0 Å². The number of fused-ring (bicyclic) bond motifs is 2. The van der Waals surface area contributed by atoms with Gasteiger partial charge in [-0.15, -0.1) is 0 Å². The summed E-state index contributed by atoms with van der Waals surface area (Å²) in [6.45, 7) is 0. The molecule has 1 saturated carbocycles. The van der Waals surface area contributed by atoms with E-state index in [-0.39, 0.29) is 29.1 Å². The van der Waals surface area contributed by atoms with Gasteiger partial charge >= 0.3 is 5.97 Å². The maximum atomic E-state index is 13.0. The average Bonchev–Trinajstić information content (AvgIpc) is 3.31. The third kappa shape index (κ3) is 3.22. The minimum Gasteiger partial charge on any atom is -0.481 e. The van der Waals surface area contributed by atoms with E-state index in [0.717, 1.165) is 0 Å². The molecule has 2 aliphatic rings. The Morgan fingerprint density at radius 1 is 0.964 bits per heavy atom. The average molecular weight is 396 g/mol. The quantitative estimate of drug-likeness (QED) is 0.591. The predicted octanol–water partition coefficient (Wildman–Crippen LogP) is 4.03. The van der Waals surface area contributed by atoms with E-state index in [1.54, 1.807) is 36.4 Å². The van der Waals surface area contributed by atoms with Crippen molar-refractivity contribution in [1.82, 2.24) is 0 Å². The maximum Gasteiger partial charge on any atom is 0.307 e. The molecule has 5 nitrogen and oxygen atoms in total. The van der Waals surface area contributed by atoms with Gasteiger partial charge in [0.2, 0.25) is 5.91 Å². The largest absolute Gasteiger partial charge is 0.481 e. The lowest BCUT2D eigenvalue weighted by molar-refractivity contribution is -0.146. The van der Waals surface area contributed by atoms with Gasteiger partial charge in [-0.05, 0) is 36.5 Å². The molecule has 2 aliphatic carbocycles. The molecule has 2 aromatic rings. The Morgan fingerprint density at radius 3 is 2.32 bits per heavy atom. The molecule has 2 bridgehead atoms. The Balaban J connectivity index is 1.64. The minimum absolute atomic E-state index is 0.0910. The zero-order valence-electron chi connectivity index (χ0n) is 14.8. The predicted molar refractivity (Wildman–Crippen MR) is 105 cm³/mol. The van der Waals surface area contributed by atoms with Crippen LogP contribution in [-0.2, 0) is 9.59 Å². The van der Waals surface area contributed by atoms with Gasteiger partial charge < -0.3 is 10.4 Å². The number of hydrogen-bond donors (Lipinski definition) is 2. The fourth-order valence-corrected chi connectivity index (χ4v) is 4.46. The van der Waals surface area contributed by atoms with E-state index in [1.165, 1.54) is 6.07 Å². The standard InChI is InChI=1S/C22H18ClNO4/c23-15-8-9-17(16(11-15)20(25)12-4-2-1-3-5-12)24-21(26)18-13-6-7-14(10-13)19(18)22(27)28/h1-9,11,13-14,18-19H,10H2,(H,24,26)(H,27,28)/t13-,14-,18+,19-/m0/s1. The van der Waals surface area contributed by atoms with Crippen molar-refractivity contribution in [2.24, 2.45) is 23.7 Å². The van der Waals surface area contributed by atoms with Crippen molar-refractivity contribution in [2.45, 2.75) is 6.42 Å². The van der Waals surface area contributed by atoms with Crippen LogP contribution in [0.25, 0.3) is 0 Å². The lowest BCUT2D eigenvalue weighted by atomic mass is 9.82. The van der Waals surface area contributed by atoms with E-state index < -0.39 is 17.8 Å². The number of aliphatic carboxylic acids is 1. The Kier molecular flexibility index (Phi) is 4.77. The zero-order valence-corrected chi connectivity index (χ0v) is 15.6. The number of anilines is 1. The summed E-state index contributed by atoms with van der Waals surface area (Å²) in [5, 5.41) is 12.7. The Labute approximate surface area is 167 Å². The minimum atomic E-state index is -0.964. The van der Waals surface area contributed by atoms with Crippen molar-refractivity contribution >= 4 is 34.9 Å². The number of carboxylic acids is 1. The van der Waals surface area contributed by atoms with Gasteiger partial charge in [0.05, 0.1) is 17.5 Å². The molecule has 2 aromatic carbocycles. The number of carbonyl (C=O) groups is 3. The van der Waals surface area contributed by atoms with Crippen LogP contribution >= 0.6 is 11.6 Å². The van der Waals surface area contributed by atoms with Crippen molar-refractivity contribution in [1.29, 1.82) is 0 Å². The number of carbonyl (C=O) groups excluding carboxylic acids is 2. The van der Waals surface area contributed by atoms with Crippen molar-refractivity contribution in [3.63, 3.8) is 0 Å². The van der Waals surface area contributed by atoms with Crippen molar-refractivity contribution in [3.8, 4) is 0 Å². The van der Waals surface area contributed by atoms with E-state index in [1.807, 2.05) is 18.2 Å². The summed E-state index contributed by atoms with van der Waals surface area (Å²) in [5.74, 6) is -3.21. The summed E-state index contributed by atoms with van der Waals surface area (Å²) in [5.41, 5.74) is 1.09. The fourth-order valence-electron chi connectivity index (χ4n) is 4.29. The Morgan fingerprint density at radius 2 is 1.64 bits per heavy atom. The van der Waals surface area contributed by atoms with Crippen molar-refractivity contribution in [3.05, 3.63) is 76.8 Å². The third-order valence-corrected chi connectivity index (χ3v) is 5.80. The van der Waals surface area contributed by atoms with Crippen LogP contribution in [-0.4, -0.2) is 22.8 Å². The van der Waals surface area contributed by atoms with E-state index in [4.69, 9.17) is 11.6 Å². The number of hydrogen-bond acceptors (Lipinski definition) is 3. The molecule has 28 heavy (non-hydrogen) atoms. The van der Waals surface area contributed by atoms with E-state index in [9.17, 15) is 19.5 Å². The number of allylic oxidation sites excluding steroid dienone is 2. The number of carboxylic acid groups (broad SMARTS) is 1. The van der Waals surface area contributed by atoms with E-state index in [0.29, 0.717) is 22.7 Å². The van der Waals surface area contributed by atoms with Crippen molar-refractivity contribution in [2.75, 3.05) is 5.32 Å². The zero-order chi connectivity index (χ0) is 19.8. The number of nitrogens with one attached hydrogen (secondary N) is 1. The van der Waals surface area contributed by atoms with Crippen LogP contribution in [0.1, 0.15) is 22.3 Å². The molecule has 6 heteroatoms. The molecule has 0 radical (unpaired) electrons. The molecule has 1 amide bonds. The first-order chi connectivity index (χ1) is 13.5. The molecule has 0 aromatic heterocycles. The van der Waals surface area contributed by atoms with E-state index in [2.05, 4.69) is 5.32 Å². The number of amides is 1. The summed E-state index contributed by atoms with van der Waals surface area (Å²) < 4.78 is 0. The second-order valence-corrected chi connectivity index (χ2v) is 7.65. The normalized spacial score (nSPS) is 24.9. The molecular weight excluding hydrogens is 378 g/mol. The Hall–Kier alpha value is -2.92. The lowest BCUT2D eigenvalue weighted by Crippen LogP contribution is -2.36. The van der Waals surface area contributed by atoms with Gasteiger partial charge in [0.25, 0.3) is 0 Å². The van der Waals surface area contributed by atoms with Gasteiger partial charge in [-0.25, -0.2) is 0 Å². The van der Waals surface area contributed by atoms with Gasteiger partial charge in [-0.3, -0.25) is 14.4 Å². The lowest BCUT2D eigenvalue weighted by Gasteiger charge is -2.24. The van der Waals surface area contributed by atoms with Crippen molar-refractivity contribution < 1.29 is 19.5 Å². The van der Waals surface area contributed by atoms with E-state index >= 15 is 0 Å². The second-order valence-electron chi connectivity index (χ2n) is 7.21. The molecule has 1 fully saturated rings. The highest BCUT2D eigenvalue weighted by Crippen LogP contribution is 2.48. The van der Waals surface area contributed by atoms with Crippen LogP contribution < -0.4 is 5.32 Å². The molecule has 0 unspecified atom stereocenters. The summed E-state index contributed by atoms with van der Waals surface area (Å²) in [6.07, 6.45) is 4.48. The molecule has 2 N–H and O–H groups in total. The number of benzene rings is 2. The molecule has 4 rings (SSSR count). The maximum absolute atomic E-state index is 13.0. The highest BCUT2D eigenvalue weighted by Gasteiger charge is 2.51.